The third-order valence-corrected chi connectivity index (χ3v) is 1.84. The van der Waals surface area contributed by atoms with E-state index in [2.05, 4.69) is 4.74 Å². The van der Waals surface area contributed by atoms with Gasteiger partial charge in [0.05, 0.1) is 0 Å². The smallest absolute Gasteiger partial charge is 0.184 e. The molecule has 5 atom stereocenters. The van der Waals surface area contributed by atoms with E-state index in [9.17, 15) is 4.39 Å². The molecule has 0 aliphatic carbocycles. The molecule has 0 radical (unpaired) electrons. The summed E-state index contributed by atoms with van der Waals surface area (Å²) in [5.74, 6) is 0. The molecule has 0 amide bonds. The topological polar surface area (TPSA) is 90.2 Å². The maximum absolute atomic E-state index is 12.0. The fraction of sp³-hybridized carbons (Fsp3) is 1.00. The summed E-state index contributed by atoms with van der Waals surface area (Å²) in [6.07, 6.45) is -7.60. The second-order valence-electron chi connectivity index (χ2n) is 2.69. The van der Waals surface area contributed by atoms with Crippen LogP contribution in [0.2, 0.25) is 0 Å². The zero-order chi connectivity index (χ0) is 9.30. The van der Waals surface area contributed by atoms with Crippen LogP contribution in [-0.4, -0.2) is 57.8 Å². The monoisotopic (exact) mass is 182 g/mol. The van der Waals surface area contributed by atoms with Crippen molar-refractivity contribution in [3.63, 3.8) is 0 Å². The number of rotatable bonds is 1. The summed E-state index contributed by atoms with van der Waals surface area (Å²) in [5, 5.41) is 35.8. The van der Waals surface area contributed by atoms with Gasteiger partial charge in [-0.2, -0.15) is 0 Å². The molecule has 0 aromatic rings. The first-order valence-corrected chi connectivity index (χ1v) is 3.51. The summed E-state index contributed by atoms with van der Waals surface area (Å²) >= 11 is 0. The molecule has 0 aromatic heterocycles. The minimum atomic E-state index is -1.65. The van der Waals surface area contributed by atoms with Crippen LogP contribution in [0.25, 0.3) is 0 Å². The molecule has 0 aromatic carbocycles. The van der Waals surface area contributed by atoms with Gasteiger partial charge in [0.2, 0.25) is 0 Å². The molecular formula is C6H11FO5. The first kappa shape index (κ1) is 9.82. The molecule has 0 unspecified atom stereocenters. The van der Waals surface area contributed by atoms with E-state index in [-0.39, 0.29) is 0 Å². The molecule has 0 bridgehead atoms. The molecule has 5 nitrogen and oxygen atoms in total. The molecule has 1 saturated heterocycles. The van der Waals surface area contributed by atoms with Gasteiger partial charge in [-0.3, -0.25) is 0 Å². The fourth-order valence-electron chi connectivity index (χ4n) is 1.06. The van der Waals surface area contributed by atoms with E-state index in [1.807, 2.05) is 0 Å². The number of aliphatic hydroxyl groups excluding tert-OH is 4. The Morgan fingerprint density at radius 3 is 2.08 bits per heavy atom. The maximum atomic E-state index is 12.0. The molecule has 1 rings (SSSR count). The summed E-state index contributed by atoms with van der Waals surface area (Å²) in [6, 6.07) is 0. The highest BCUT2D eigenvalue weighted by Gasteiger charge is 2.42. The average Bonchev–Trinajstić information content (AvgIpc) is 2.08. The van der Waals surface area contributed by atoms with E-state index in [1.54, 1.807) is 0 Å². The summed E-state index contributed by atoms with van der Waals surface area (Å²) in [6.45, 7) is -1.03. The Kier molecular flexibility index (Phi) is 2.97. The quantitative estimate of drug-likeness (QED) is 0.368. The van der Waals surface area contributed by atoms with Crippen molar-refractivity contribution in [1.29, 1.82) is 0 Å². The Hall–Kier alpha value is -0.270. The Morgan fingerprint density at radius 1 is 1.00 bits per heavy atom. The van der Waals surface area contributed by atoms with Crippen molar-refractivity contribution in [1.82, 2.24) is 0 Å². The number of halogens is 1. The predicted octanol–water partition coefficient (Wildman–Crippen LogP) is -2.24. The molecule has 0 saturated carbocycles. The minimum Gasteiger partial charge on any atom is -0.387 e. The lowest BCUT2D eigenvalue weighted by atomic mass is 10.00. The van der Waals surface area contributed by atoms with Crippen molar-refractivity contribution in [2.45, 2.75) is 30.7 Å². The van der Waals surface area contributed by atoms with Crippen LogP contribution in [-0.2, 0) is 4.74 Å². The maximum Gasteiger partial charge on any atom is 0.184 e. The zero-order valence-electron chi connectivity index (χ0n) is 6.17. The van der Waals surface area contributed by atoms with Crippen LogP contribution in [0.4, 0.5) is 4.39 Å². The molecule has 1 aliphatic heterocycles. The SMILES string of the molecule is O[C@@H]1[C@@H](O)[C@H](O)O[C@H](CF)[C@H]1O. The van der Waals surface area contributed by atoms with Crippen molar-refractivity contribution < 1.29 is 29.6 Å². The van der Waals surface area contributed by atoms with Crippen molar-refractivity contribution in [3.05, 3.63) is 0 Å². The van der Waals surface area contributed by atoms with Gasteiger partial charge in [0, 0.05) is 0 Å². The third kappa shape index (κ3) is 1.57. The highest BCUT2D eigenvalue weighted by atomic mass is 19.1. The number of hydrogen-bond acceptors (Lipinski definition) is 5. The molecular weight excluding hydrogens is 171 g/mol. The van der Waals surface area contributed by atoms with Crippen molar-refractivity contribution in [2.24, 2.45) is 0 Å². The van der Waals surface area contributed by atoms with Gasteiger partial charge in [-0.25, -0.2) is 4.39 Å². The lowest BCUT2D eigenvalue weighted by molar-refractivity contribution is -0.283. The summed E-state index contributed by atoms with van der Waals surface area (Å²) in [5.41, 5.74) is 0. The van der Waals surface area contributed by atoms with Gasteiger partial charge in [-0.15, -0.1) is 0 Å². The van der Waals surface area contributed by atoms with Gasteiger partial charge >= 0.3 is 0 Å². The van der Waals surface area contributed by atoms with Gasteiger partial charge in [-0.05, 0) is 0 Å². The lowest BCUT2D eigenvalue weighted by Crippen LogP contribution is -2.58. The number of hydrogen-bond donors (Lipinski definition) is 4. The first-order chi connectivity index (χ1) is 5.57. The normalized spacial score (nSPS) is 49.2. The molecule has 1 aliphatic rings. The van der Waals surface area contributed by atoms with Gasteiger partial charge in [0.1, 0.15) is 31.1 Å². The fourth-order valence-corrected chi connectivity index (χ4v) is 1.06. The molecule has 12 heavy (non-hydrogen) atoms. The van der Waals surface area contributed by atoms with Crippen LogP contribution < -0.4 is 0 Å². The van der Waals surface area contributed by atoms with Crippen molar-refractivity contribution in [2.75, 3.05) is 6.67 Å². The Morgan fingerprint density at radius 2 is 1.58 bits per heavy atom. The van der Waals surface area contributed by atoms with Crippen LogP contribution in [0, 0.1) is 0 Å². The highest BCUT2D eigenvalue weighted by molar-refractivity contribution is 4.88. The Labute approximate surface area is 68.0 Å². The summed E-state index contributed by atoms with van der Waals surface area (Å²) in [7, 11) is 0. The minimum absolute atomic E-state index is 1.03. The highest BCUT2D eigenvalue weighted by Crippen LogP contribution is 2.19. The van der Waals surface area contributed by atoms with Gasteiger partial charge < -0.3 is 25.2 Å². The lowest BCUT2D eigenvalue weighted by Gasteiger charge is -2.37. The average molecular weight is 182 g/mol. The van der Waals surface area contributed by atoms with E-state index in [4.69, 9.17) is 20.4 Å². The van der Waals surface area contributed by atoms with Gasteiger partial charge in [0.25, 0.3) is 0 Å². The Bertz CT molecular complexity index is 150. The van der Waals surface area contributed by atoms with E-state index in [1.165, 1.54) is 0 Å². The standard InChI is InChI=1S/C6H11FO5/c7-1-2-3(8)4(9)5(10)6(11)12-2/h2-6,8-11H,1H2/t2-,3-,4+,5-,6-/m1/s1. The van der Waals surface area contributed by atoms with Crippen molar-refractivity contribution in [3.8, 4) is 0 Å². The molecule has 0 spiro atoms. The van der Waals surface area contributed by atoms with Crippen LogP contribution in [0.15, 0.2) is 0 Å². The van der Waals surface area contributed by atoms with E-state index in [0.717, 1.165) is 0 Å². The summed E-state index contributed by atoms with van der Waals surface area (Å²) < 4.78 is 16.5. The van der Waals surface area contributed by atoms with E-state index in [0.29, 0.717) is 0 Å². The van der Waals surface area contributed by atoms with Crippen LogP contribution in [0.5, 0.6) is 0 Å². The molecule has 1 heterocycles. The predicted molar refractivity (Wildman–Crippen MR) is 34.9 cm³/mol. The number of aliphatic hydroxyl groups is 4. The second kappa shape index (κ2) is 3.63. The van der Waals surface area contributed by atoms with Gasteiger partial charge in [-0.1, -0.05) is 0 Å². The second-order valence-corrected chi connectivity index (χ2v) is 2.69. The van der Waals surface area contributed by atoms with E-state index < -0.39 is 37.4 Å². The molecule has 1 fully saturated rings. The van der Waals surface area contributed by atoms with Crippen LogP contribution in [0.1, 0.15) is 0 Å². The van der Waals surface area contributed by atoms with E-state index >= 15 is 0 Å². The molecule has 72 valence electrons. The largest absolute Gasteiger partial charge is 0.387 e. The Balaban J connectivity index is 2.63. The van der Waals surface area contributed by atoms with Gasteiger partial charge in [0.15, 0.2) is 6.29 Å². The number of ether oxygens (including phenoxy) is 1. The third-order valence-electron chi connectivity index (χ3n) is 1.84. The summed E-state index contributed by atoms with van der Waals surface area (Å²) in [4.78, 5) is 0. The zero-order valence-corrected chi connectivity index (χ0v) is 6.17. The van der Waals surface area contributed by atoms with Crippen LogP contribution >= 0.6 is 0 Å². The van der Waals surface area contributed by atoms with Crippen molar-refractivity contribution >= 4 is 0 Å². The molecule has 6 heteroatoms. The molecule has 4 N–H and O–H groups in total. The van der Waals surface area contributed by atoms with Crippen LogP contribution in [0.3, 0.4) is 0 Å². The first-order valence-electron chi connectivity index (χ1n) is 3.51. The number of alkyl halides is 1.